The molecule has 0 bridgehead atoms. The molecule has 1 unspecified atom stereocenters. The number of carbonyl (C=O) groups is 1. The number of phenols is 1. The van der Waals surface area contributed by atoms with Crippen LogP contribution in [0.25, 0.3) is 0 Å². The zero-order valence-corrected chi connectivity index (χ0v) is 13.7. The molecular formula is C18H18O6. The van der Waals surface area contributed by atoms with Crippen molar-refractivity contribution in [3.05, 3.63) is 41.5 Å². The van der Waals surface area contributed by atoms with Gasteiger partial charge in [0.15, 0.2) is 5.78 Å². The lowest BCUT2D eigenvalue weighted by Gasteiger charge is -2.28. The molecule has 6 nitrogen and oxygen atoms in total. The molecule has 0 aromatic heterocycles. The fourth-order valence-corrected chi connectivity index (χ4v) is 2.87. The average Bonchev–Trinajstić information content (AvgIpc) is 2.60. The Morgan fingerprint density at radius 2 is 1.75 bits per heavy atom. The standard InChI is InChI=1S/C18H18O6/c1-21-10-7-14(22-2)18(15(8-10)23-3)16-9-12(20)17-11(19)5-4-6-13(17)24-16/h4-8,16,19H,9H2,1-3H3. The number of Topliss-reactive ketones (excluding diaryl/α,β-unsaturated/α-hetero) is 1. The lowest BCUT2D eigenvalue weighted by atomic mass is 9.94. The van der Waals surface area contributed by atoms with E-state index < -0.39 is 6.10 Å². The third-order valence-electron chi connectivity index (χ3n) is 4.00. The quantitative estimate of drug-likeness (QED) is 0.928. The molecule has 0 aliphatic carbocycles. The Labute approximate surface area is 139 Å². The van der Waals surface area contributed by atoms with E-state index in [1.807, 2.05) is 0 Å². The molecule has 2 aromatic carbocycles. The van der Waals surface area contributed by atoms with E-state index in [0.717, 1.165) is 0 Å². The third kappa shape index (κ3) is 2.60. The van der Waals surface area contributed by atoms with Crippen LogP contribution in [0.1, 0.15) is 28.4 Å². The van der Waals surface area contributed by atoms with Crippen molar-refractivity contribution in [1.29, 1.82) is 0 Å². The minimum Gasteiger partial charge on any atom is -0.507 e. The molecule has 0 amide bonds. The summed E-state index contributed by atoms with van der Waals surface area (Å²) in [5, 5.41) is 9.89. The van der Waals surface area contributed by atoms with Crippen molar-refractivity contribution >= 4 is 5.78 Å². The smallest absolute Gasteiger partial charge is 0.174 e. The second-order valence-corrected chi connectivity index (χ2v) is 5.33. The second-order valence-electron chi connectivity index (χ2n) is 5.33. The zero-order chi connectivity index (χ0) is 17.3. The summed E-state index contributed by atoms with van der Waals surface area (Å²) in [5.74, 6) is 1.66. The number of aromatic hydroxyl groups is 1. The Balaban J connectivity index is 2.09. The van der Waals surface area contributed by atoms with Crippen molar-refractivity contribution in [2.24, 2.45) is 0 Å². The molecule has 1 aliphatic heterocycles. The molecule has 24 heavy (non-hydrogen) atoms. The van der Waals surface area contributed by atoms with E-state index >= 15 is 0 Å². The van der Waals surface area contributed by atoms with Gasteiger partial charge in [-0.2, -0.15) is 0 Å². The van der Waals surface area contributed by atoms with E-state index in [9.17, 15) is 9.90 Å². The van der Waals surface area contributed by atoms with Gasteiger partial charge in [-0.15, -0.1) is 0 Å². The lowest BCUT2D eigenvalue weighted by molar-refractivity contribution is 0.0839. The monoisotopic (exact) mass is 330 g/mol. The van der Waals surface area contributed by atoms with Gasteiger partial charge in [-0.05, 0) is 12.1 Å². The molecule has 6 heteroatoms. The number of carbonyl (C=O) groups excluding carboxylic acids is 1. The summed E-state index contributed by atoms with van der Waals surface area (Å²) in [6, 6.07) is 8.18. The molecule has 1 atom stereocenters. The summed E-state index contributed by atoms with van der Waals surface area (Å²) < 4.78 is 22.0. The zero-order valence-electron chi connectivity index (χ0n) is 13.7. The van der Waals surface area contributed by atoms with Gasteiger partial charge >= 0.3 is 0 Å². The number of rotatable bonds is 4. The minimum absolute atomic E-state index is 0.0730. The van der Waals surface area contributed by atoms with Crippen molar-refractivity contribution in [2.75, 3.05) is 21.3 Å². The van der Waals surface area contributed by atoms with Crippen molar-refractivity contribution in [3.8, 4) is 28.7 Å². The molecule has 0 saturated carbocycles. The maximum absolute atomic E-state index is 12.5. The van der Waals surface area contributed by atoms with Crippen molar-refractivity contribution in [3.63, 3.8) is 0 Å². The first-order valence-corrected chi connectivity index (χ1v) is 7.40. The highest BCUT2D eigenvalue weighted by Gasteiger charge is 2.33. The van der Waals surface area contributed by atoms with Crippen LogP contribution >= 0.6 is 0 Å². The number of phenolic OH excluding ortho intramolecular Hbond substituents is 1. The van der Waals surface area contributed by atoms with Crippen LogP contribution in [0.5, 0.6) is 28.7 Å². The maximum atomic E-state index is 12.5. The summed E-state index contributed by atoms with van der Waals surface area (Å²) in [6.07, 6.45) is -0.508. The van der Waals surface area contributed by atoms with Crippen LogP contribution in [0.4, 0.5) is 0 Å². The summed E-state index contributed by atoms with van der Waals surface area (Å²) in [7, 11) is 4.61. The summed E-state index contributed by atoms with van der Waals surface area (Å²) >= 11 is 0. The number of ketones is 1. The number of ether oxygens (including phenoxy) is 4. The fourth-order valence-electron chi connectivity index (χ4n) is 2.87. The second kappa shape index (κ2) is 6.31. The molecule has 2 aromatic rings. The minimum atomic E-state index is -0.581. The van der Waals surface area contributed by atoms with Gasteiger partial charge in [-0.1, -0.05) is 6.07 Å². The number of benzene rings is 2. The Morgan fingerprint density at radius 3 is 2.33 bits per heavy atom. The van der Waals surface area contributed by atoms with Crippen LogP contribution in [0.2, 0.25) is 0 Å². The Hall–Kier alpha value is -2.89. The van der Waals surface area contributed by atoms with Crippen LogP contribution in [-0.4, -0.2) is 32.2 Å². The predicted octanol–water partition coefficient (Wildman–Crippen LogP) is 3.12. The van der Waals surface area contributed by atoms with Crippen molar-refractivity contribution in [2.45, 2.75) is 12.5 Å². The Bertz CT molecular complexity index is 758. The molecule has 0 fully saturated rings. The van der Waals surface area contributed by atoms with E-state index in [0.29, 0.717) is 28.6 Å². The van der Waals surface area contributed by atoms with Crippen molar-refractivity contribution in [1.82, 2.24) is 0 Å². The lowest BCUT2D eigenvalue weighted by Crippen LogP contribution is -2.21. The summed E-state index contributed by atoms with van der Waals surface area (Å²) in [4.78, 5) is 12.5. The van der Waals surface area contributed by atoms with Crippen LogP contribution < -0.4 is 18.9 Å². The molecule has 0 saturated heterocycles. The van der Waals surface area contributed by atoms with Gasteiger partial charge in [0.1, 0.15) is 40.4 Å². The molecule has 126 valence electrons. The molecule has 0 radical (unpaired) electrons. The highest BCUT2D eigenvalue weighted by atomic mass is 16.5. The summed E-state index contributed by atoms with van der Waals surface area (Å²) in [6.45, 7) is 0. The summed E-state index contributed by atoms with van der Waals surface area (Å²) in [5.41, 5.74) is 0.836. The van der Waals surface area contributed by atoms with Crippen LogP contribution in [0, 0.1) is 0 Å². The fraction of sp³-hybridized carbons (Fsp3) is 0.278. The predicted molar refractivity (Wildman–Crippen MR) is 86.5 cm³/mol. The molecule has 0 spiro atoms. The molecular weight excluding hydrogens is 312 g/mol. The molecule has 1 aliphatic rings. The first kappa shape index (κ1) is 16.0. The number of hydrogen-bond acceptors (Lipinski definition) is 6. The molecule has 3 rings (SSSR count). The number of methoxy groups -OCH3 is 3. The highest BCUT2D eigenvalue weighted by Crippen LogP contribution is 2.45. The van der Waals surface area contributed by atoms with Gasteiger partial charge in [0, 0.05) is 12.1 Å². The van der Waals surface area contributed by atoms with Gasteiger partial charge in [0.2, 0.25) is 0 Å². The van der Waals surface area contributed by atoms with E-state index in [4.69, 9.17) is 18.9 Å². The largest absolute Gasteiger partial charge is 0.507 e. The van der Waals surface area contributed by atoms with E-state index in [-0.39, 0.29) is 23.5 Å². The first-order chi connectivity index (χ1) is 11.6. The van der Waals surface area contributed by atoms with E-state index in [1.165, 1.54) is 20.3 Å². The first-order valence-electron chi connectivity index (χ1n) is 7.40. The third-order valence-corrected chi connectivity index (χ3v) is 4.00. The number of hydrogen-bond donors (Lipinski definition) is 1. The average molecular weight is 330 g/mol. The van der Waals surface area contributed by atoms with Crippen molar-refractivity contribution < 1.29 is 28.8 Å². The SMILES string of the molecule is COc1cc(OC)c(C2CC(=O)c3c(O)cccc3O2)c(OC)c1. The van der Waals surface area contributed by atoms with Gasteiger partial charge in [-0.3, -0.25) is 4.79 Å². The molecule has 1 heterocycles. The van der Waals surface area contributed by atoms with Gasteiger partial charge in [0.05, 0.1) is 33.3 Å². The number of fused-ring (bicyclic) bond motifs is 1. The van der Waals surface area contributed by atoms with Gasteiger partial charge < -0.3 is 24.1 Å². The van der Waals surface area contributed by atoms with E-state index in [1.54, 1.807) is 31.4 Å². The van der Waals surface area contributed by atoms with Gasteiger partial charge in [0.25, 0.3) is 0 Å². The van der Waals surface area contributed by atoms with Crippen LogP contribution in [0.3, 0.4) is 0 Å². The normalized spacial score (nSPS) is 16.1. The molecule has 1 N–H and O–H groups in total. The van der Waals surface area contributed by atoms with E-state index in [2.05, 4.69) is 0 Å². The Morgan fingerprint density at radius 1 is 1.08 bits per heavy atom. The topological polar surface area (TPSA) is 74.2 Å². The van der Waals surface area contributed by atoms with Crippen LogP contribution in [0.15, 0.2) is 30.3 Å². The van der Waals surface area contributed by atoms with Gasteiger partial charge in [-0.25, -0.2) is 0 Å². The maximum Gasteiger partial charge on any atom is 0.174 e. The highest BCUT2D eigenvalue weighted by molar-refractivity contribution is 6.02. The van der Waals surface area contributed by atoms with Crippen LogP contribution in [-0.2, 0) is 0 Å². The Kier molecular flexibility index (Phi) is 4.20.